The molecule has 2 rings (SSSR count). The van der Waals surface area contributed by atoms with Crippen molar-refractivity contribution < 1.29 is 5.11 Å². The van der Waals surface area contributed by atoms with E-state index in [-0.39, 0.29) is 12.1 Å². The summed E-state index contributed by atoms with van der Waals surface area (Å²) in [6, 6.07) is 7.82. The first-order chi connectivity index (χ1) is 7.20. The molecule has 0 spiro atoms. The molecule has 15 heavy (non-hydrogen) atoms. The van der Waals surface area contributed by atoms with E-state index in [1.165, 1.54) is 12.0 Å². The van der Waals surface area contributed by atoms with Crippen LogP contribution in [0.25, 0.3) is 0 Å². The number of rotatable bonds is 3. The van der Waals surface area contributed by atoms with Crippen LogP contribution in [0.2, 0.25) is 0 Å². The summed E-state index contributed by atoms with van der Waals surface area (Å²) in [7, 11) is 0. The first-order valence-corrected chi connectivity index (χ1v) is 5.69. The van der Waals surface area contributed by atoms with Gasteiger partial charge in [-0.1, -0.05) is 30.7 Å². The van der Waals surface area contributed by atoms with E-state index in [4.69, 9.17) is 5.73 Å². The summed E-state index contributed by atoms with van der Waals surface area (Å²) < 4.78 is 0. The van der Waals surface area contributed by atoms with Gasteiger partial charge < -0.3 is 10.8 Å². The molecule has 1 aliphatic carbocycles. The zero-order valence-electron chi connectivity index (χ0n) is 9.19. The van der Waals surface area contributed by atoms with Crippen molar-refractivity contribution in [1.82, 2.24) is 0 Å². The predicted octanol–water partition coefficient (Wildman–Crippen LogP) is 2.16. The van der Waals surface area contributed by atoms with E-state index < -0.39 is 0 Å². The second-order valence-corrected chi connectivity index (χ2v) is 4.56. The fourth-order valence-electron chi connectivity index (χ4n) is 2.22. The molecule has 1 fully saturated rings. The number of aliphatic hydroxyl groups is 1. The van der Waals surface area contributed by atoms with Gasteiger partial charge in [0.25, 0.3) is 0 Å². The van der Waals surface area contributed by atoms with Crippen molar-refractivity contribution >= 4 is 0 Å². The van der Waals surface area contributed by atoms with Crippen LogP contribution in [0, 0.1) is 12.8 Å². The van der Waals surface area contributed by atoms with E-state index in [0.717, 1.165) is 18.4 Å². The molecule has 3 N–H and O–H groups in total. The Morgan fingerprint density at radius 1 is 1.33 bits per heavy atom. The third kappa shape index (κ3) is 2.06. The molecule has 1 aromatic rings. The van der Waals surface area contributed by atoms with E-state index in [9.17, 15) is 5.11 Å². The van der Waals surface area contributed by atoms with Crippen LogP contribution in [-0.2, 0) is 0 Å². The van der Waals surface area contributed by atoms with Gasteiger partial charge in [0.15, 0.2) is 0 Å². The molecule has 2 atom stereocenters. The zero-order valence-corrected chi connectivity index (χ0v) is 9.19. The quantitative estimate of drug-likeness (QED) is 0.794. The Hall–Kier alpha value is -0.860. The first kappa shape index (κ1) is 10.7. The number of hydrogen-bond acceptors (Lipinski definition) is 2. The van der Waals surface area contributed by atoms with E-state index in [1.54, 1.807) is 0 Å². The second kappa shape index (κ2) is 4.33. The van der Waals surface area contributed by atoms with Crippen molar-refractivity contribution in [1.29, 1.82) is 0 Å². The lowest BCUT2D eigenvalue weighted by molar-refractivity contribution is 0.0412. The highest BCUT2D eigenvalue weighted by Gasteiger charge is 2.30. The highest BCUT2D eigenvalue weighted by Crippen LogP contribution is 2.34. The van der Waals surface area contributed by atoms with Crippen LogP contribution in [0.5, 0.6) is 0 Å². The number of aryl methyl sites for hydroxylation is 1. The maximum Gasteiger partial charge on any atom is 0.0760 e. The van der Waals surface area contributed by atoms with Crippen LogP contribution in [-0.4, -0.2) is 11.2 Å². The lowest BCUT2D eigenvalue weighted by atomic mass is 9.77. The zero-order chi connectivity index (χ0) is 10.8. The fraction of sp³-hybridized carbons (Fsp3) is 0.538. The molecule has 0 saturated heterocycles. The van der Waals surface area contributed by atoms with Crippen molar-refractivity contribution in [3.8, 4) is 0 Å². The number of nitrogens with two attached hydrogens (primary N) is 1. The first-order valence-electron chi connectivity index (χ1n) is 5.69. The Balaban J connectivity index is 2.12. The standard InChI is InChI=1S/C13H19NO/c1-9-5-2-3-8-11(9)12(14)13(15)10-6-4-7-10/h2-3,5,8,10,12-13,15H,4,6-7,14H2,1H3/t12-,13+/m0/s1. The Kier molecular flexibility index (Phi) is 3.08. The predicted molar refractivity (Wildman–Crippen MR) is 61.5 cm³/mol. The molecule has 1 aromatic carbocycles. The average molecular weight is 205 g/mol. The summed E-state index contributed by atoms with van der Waals surface area (Å²) in [4.78, 5) is 0. The van der Waals surface area contributed by atoms with Gasteiger partial charge in [-0.05, 0) is 36.8 Å². The molecular weight excluding hydrogens is 186 g/mol. The van der Waals surface area contributed by atoms with Crippen LogP contribution < -0.4 is 5.73 Å². The summed E-state index contributed by atoms with van der Waals surface area (Å²) in [5.74, 6) is 0.416. The summed E-state index contributed by atoms with van der Waals surface area (Å²) in [6.07, 6.45) is 3.11. The SMILES string of the molecule is Cc1ccccc1[C@H](N)[C@H](O)C1CCC1. The van der Waals surface area contributed by atoms with Crippen LogP contribution in [0.4, 0.5) is 0 Å². The smallest absolute Gasteiger partial charge is 0.0760 e. The molecule has 2 heteroatoms. The van der Waals surface area contributed by atoms with Gasteiger partial charge in [-0.2, -0.15) is 0 Å². The van der Waals surface area contributed by atoms with Gasteiger partial charge in [0.2, 0.25) is 0 Å². The molecule has 2 nitrogen and oxygen atoms in total. The molecule has 0 amide bonds. The van der Waals surface area contributed by atoms with Crippen LogP contribution >= 0.6 is 0 Å². The van der Waals surface area contributed by atoms with Gasteiger partial charge >= 0.3 is 0 Å². The molecule has 82 valence electrons. The molecular formula is C13H19NO. The third-order valence-corrected chi connectivity index (χ3v) is 3.55. The number of benzene rings is 1. The van der Waals surface area contributed by atoms with Crippen molar-refractivity contribution in [2.45, 2.75) is 38.3 Å². The molecule has 0 unspecified atom stereocenters. The summed E-state index contributed by atoms with van der Waals surface area (Å²) in [5.41, 5.74) is 8.35. The molecule has 0 radical (unpaired) electrons. The van der Waals surface area contributed by atoms with Gasteiger partial charge in [0.05, 0.1) is 12.1 Å². The lowest BCUT2D eigenvalue weighted by Gasteiger charge is -2.34. The molecule has 0 aromatic heterocycles. The van der Waals surface area contributed by atoms with Crippen molar-refractivity contribution in [2.24, 2.45) is 11.7 Å². The Morgan fingerprint density at radius 3 is 2.53 bits per heavy atom. The largest absolute Gasteiger partial charge is 0.391 e. The molecule has 1 aliphatic rings. The van der Waals surface area contributed by atoms with Crippen LogP contribution in [0.3, 0.4) is 0 Å². The highest BCUT2D eigenvalue weighted by molar-refractivity contribution is 5.29. The fourth-order valence-corrected chi connectivity index (χ4v) is 2.22. The number of aliphatic hydroxyl groups excluding tert-OH is 1. The molecule has 1 saturated carbocycles. The molecule has 0 heterocycles. The Bertz CT molecular complexity index is 333. The number of hydrogen-bond donors (Lipinski definition) is 2. The monoisotopic (exact) mass is 205 g/mol. The van der Waals surface area contributed by atoms with Crippen molar-refractivity contribution in [3.05, 3.63) is 35.4 Å². The van der Waals surface area contributed by atoms with E-state index in [2.05, 4.69) is 0 Å². The van der Waals surface area contributed by atoms with Gasteiger partial charge in [-0.3, -0.25) is 0 Å². The summed E-state index contributed by atoms with van der Waals surface area (Å²) in [6.45, 7) is 2.04. The van der Waals surface area contributed by atoms with E-state index >= 15 is 0 Å². The molecule has 0 aliphatic heterocycles. The maximum absolute atomic E-state index is 10.1. The topological polar surface area (TPSA) is 46.2 Å². The van der Waals surface area contributed by atoms with E-state index in [0.29, 0.717) is 5.92 Å². The summed E-state index contributed by atoms with van der Waals surface area (Å²) in [5, 5.41) is 10.1. The normalized spacial score (nSPS) is 20.7. The maximum atomic E-state index is 10.1. The van der Waals surface area contributed by atoms with Crippen LogP contribution in [0.15, 0.2) is 24.3 Å². The minimum Gasteiger partial charge on any atom is -0.391 e. The van der Waals surface area contributed by atoms with Gasteiger partial charge in [0, 0.05) is 0 Å². The summed E-state index contributed by atoms with van der Waals surface area (Å²) >= 11 is 0. The lowest BCUT2D eigenvalue weighted by Crippen LogP contribution is -2.36. The minimum atomic E-state index is -0.375. The van der Waals surface area contributed by atoms with Crippen molar-refractivity contribution in [3.63, 3.8) is 0 Å². The Labute approximate surface area is 91.1 Å². The Morgan fingerprint density at radius 2 is 2.00 bits per heavy atom. The van der Waals surface area contributed by atoms with Crippen molar-refractivity contribution in [2.75, 3.05) is 0 Å². The van der Waals surface area contributed by atoms with E-state index in [1.807, 2.05) is 31.2 Å². The highest BCUT2D eigenvalue weighted by atomic mass is 16.3. The van der Waals surface area contributed by atoms with Crippen LogP contribution in [0.1, 0.15) is 36.4 Å². The van der Waals surface area contributed by atoms with Gasteiger partial charge in [-0.15, -0.1) is 0 Å². The minimum absolute atomic E-state index is 0.225. The van der Waals surface area contributed by atoms with Gasteiger partial charge in [0.1, 0.15) is 0 Å². The second-order valence-electron chi connectivity index (χ2n) is 4.56. The van der Waals surface area contributed by atoms with Gasteiger partial charge in [-0.25, -0.2) is 0 Å². The third-order valence-electron chi connectivity index (χ3n) is 3.55. The average Bonchev–Trinajstić information content (AvgIpc) is 2.15. The molecule has 0 bridgehead atoms.